The van der Waals surface area contributed by atoms with Gasteiger partial charge < -0.3 is 0 Å². The molecule has 0 rings (SSSR count). The fraction of sp³-hybridized carbons (Fsp3) is 0.667. The van der Waals surface area contributed by atoms with Crippen LogP contribution in [0.5, 0.6) is 0 Å². The molecule has 0 unspecified atom stereocenters. The van der Waals surface area contributed by atoms with Crippen molar-refractivity contribution in [1.29, 1.82) is 0 Å². The Morgan fingerprint density at radius 3 is 2.25 bits per heavy atom. The van der Waals surface area contributed by atoms with Gasteiger partial charge in [-0.25, -0.2) is 0 Å². The molecule has 0 aromatic heterocycles. The van der Waals surface area contributed by atoms with Crippen molar-refractivity contribution in [1.82, 2.24) is 0 Å². The highest BCUT2D eigenvalue weighted by Crippen LogP contribution is 2.06. The lowest BCUT2D eigenvalue weighted by molar-refractivity contribution is 0.766. The summed E-state index contributed by atoms with van der Waals surface area (Å²) in [5, 5.41) is 2.64. The highest BCUT2D eigenvalue weighted by Gasteiger charge is 1.93. The Hall–Kier alpha value is -0.660. The van der Waals surface area contributed by atoms with Crippen LogP contribution >= 0.6 is 0 Å². The number of hydrogen-bond acceptors (Lipinski definition) is 2. The second kappa shape index (κ2) is 3.36. The van der Waals surface area contributed by atoms with E-state index in [1.54, 1.807) is 0 Å². The standard InChI is InChI=1S/C6H11NO/c1-5(2)6(3)4-7-8/h4-5H,1-3H3/b6-4+. The van der Waals surface area contributed by atoms with Gasteiger partial charge in [0.1, 0.15) is 0 Å². The van der Waals surface area contributed by atoms with E-state index in [9.17, 15) is 4.91 Å². The van der Waals surface area contributed by atoms with Gasteiger partial charge >= 0.3 is 0 Å². The molecule has 0 heterocycles. The van der Waals surface area contributed by atoms with E-state index >= 15 is 0 Å². The third-order valence-corrected chi connectivity index (χ3v) is 1.17. The molecule has 0 bridgehead atoms. The normalized spacial score (nSPS) is 12.2. The molecule has 0 spiro atoms. The minimum Gasteiger partial charge on any atom is -0.145 e. The Kier molecular flexibility index (Phi) is 3.08. The van der Waals surface area contributed by atoms with Gasteiger partial charge in [0, 0.05) is 0 Å². The Bertz CT molecular complexity index is 105. The van der Waals surface area contributed by atoms with E-state index in [1.807, 2.05) is 20.8 Å². The van der Waals surface area contributed by atoms with Crippen molar-refractivity contribution in [2.45, 2.75) is 20.8 Å². The summed E-state index contributed by atoms with van der Waals surface area (Å²) in [6.07, 6.45) is 1.35. The summed E-state index contributed by atoms with van der Waals surface area (Å²) in [4.78, 5) is 9.59. The van der Waals surface area contributed by atoms with Gasteiger partial charge in [-0.3, -0.25) is 0 Å². The molecule has 0 fully saturated rings. The van der Waals surface area contributed by atoms with Gasteiger partial charge in [0.25, 0.3) is 0 Å². The smallest absolute Gasteiger partial charge is 0.0706 e. The monoisotopic (exact) mass is 113 g/mol. The highest BCUT2D eigenvalue weighted by molar-refractivity contribution is 4.98. The minimum absolute atomic E-state index is 0.438. The maximum absolute atomic E-state index is 9.59. The molecular formula is C6H11NO. The Morgan fingerprint density at radius 2 is 2.12 bits per heavy atom. The van der Waals surface area contributed by atoms with Crippen LogP contribution in [0.15, 0.2) is 16.9 Å². The largest absolute Gasteiger partial charge is 0.145 e. The molecular weight excluding hydrogens is 102 g/mol. The first-order valence-electron chi connectivity index (χ1n) is 2.67. The lowest BCUT2D eigenvalue weighted by atomic mass is 10.1. The van der Waals surface area contributed by atoms with E-state index in [2.05, 4.69) is 5.18 Å². The summed E-state index contributed by atoms with van der Waals surface area (Å²) >= 11 is 0. The molecule has 0 aliphatic heterocycles. The summed E-state index contributed by atoms with van der Waals surface area (Å²) in [5.74, 6) is 0.438. The van der Waals surface area contributed by atoms with E-state index in [0.29, 0.717) is 5.92 Å². The number of nitroso groups, excluding NO2 is 1. The lowest BCUT2D eigenvalue weighted by Crippen LogP contribution is -1.86. The average molecular weight is 113 g/mol. The Balaban J connectivity index is 3.78. The highest BCUT2D eigenvalue weighted by atomic mass is 16.2. The molecule has 0 aromatic rings. The van der Waals surface area contributed by atoms with E-state index in [-0.39, 0.29) is 0 Å². The second-order valence-corrected chi connectivity index (χ2v) is 2.13. The van der Waals surface area contributed by atoms with Gasteiger partial charge in [-0.1, -0.05) is 13.8 Å². The summed E-state index contributed by atoms with van der Waals surface area (Å²) < 4.78 is 0. The molecule has 0 aromatic carbocycles. The predicted octanol–water partition coefficient (Wildman–Crippen LogP) is 2.31. The zero-order valence-corrected chi connectivity index (χ0v) is 5.51. The number of hydrogen-bond donors (Lipinski definition) is 0. The zero-order chi connectivity index (χ0) is 6.57. The van der Waals surface area contributed by atoms with Gasteiger partial charge in [0.2, 0.25) is 0 Å². The van der Waals surface area contributed by atoms with Crippen LogP contribution in [0.25, 0.3) is 0 Å². The molecule has 46 valence electrons. The first-order chi connectivity index (χ1) is 3.68. The van der Waals surface area contributed by atoms with E-state index in [4.69, 9.17) is 0 Å². The summed E-state index contributed by atoms with van der Waals surface area (Å²) in [6.45, 7) is 5.94. The van der Waals surface area contributed by atoms with Crippen molar-refractivity contribution in [2.75, 3.05) is 0 Å². The van der Waals surface area contributed by atoms with Crippen LogP contribution in [0.3, 0.4) is 0 Å². The van der Waals surface area contributed by atoms with Crippen molar-refractivity contribution < 1.29 is 0 Å². The van der Waals surface area contributed by atoms with Crippen LogP contribution in [0.4, 0.5) is 0 Å². The van der Waals surface area contributed by atoms with Crippen molar-refractivity contribution in [3.05, 3.63) is 16.7 Å². The van der Waals surface area contributed by atoms with Crippen LogP contribution in [-0.2, 0) is 0 Å². The molecule has 2 nitrogen and oxygen atoms in total. The molecule has 0 amide bonds. The Morgan fingerprint density at radius 1 is 1.62 bits per heavy atom. The van der Waals surface area contributed by atoms with Gasteiger partial charge in [0.05, 0.1) is 6.20 Å². The molecule has 0 saturated carbocycles. The fourth-order valence-electron chi connectivity index (χ4n) is 0.232. The van der Waals surface area contributed by atoms with Crippen LogP contribution < -0.4 is 0 Å². The maximum Gasteiger partial charge on any atom is 0.0706 e. The minimum atomic E-state index is 0.438. The third-order valence-electron chi connectivity index (χ3n) is 1.17. The van der Waals surface area contributed by atoms with Crippen LogP contribution in [0, 0.1) is 10.8 Å². The summed E-state index contributed by atoms with van der Waals surface area (Å²) in [6, 6.07) is 0. The zero-order valence-electron chi connectivity index (χ0n) is 5.51. The number of rotatable bonds is 2. The van der Waals surface area contributed by atoms with Crippen molar-refractivity contribution in [3.63, 3.8) is 0 Å². The molecule has 8 heavy (non-hydrogen) atoms. The van der Waals surface area contributed by atoms with Crippen molar-refractivity contribution in [2.24, 2.45) is 11.1 Å². The molecule has 0 aliphatic carbocycles. The molecule has 0 atom stereocenters. The van der Waals surface area contributed by atoms with Crippen LogP contribution in [-0.4, -0.2) is 0 Å². The van der Waals surface area contributed by atoms with Gasteiger partial charge in [0.15, 0.2) is 0 Å². The first kappa shape index (κ1) is 7.34. The third kappa shape index (κ3) is 2.50. The summed E-state index contributed by atoms with van der Waals surface area (Å²) in [7, 11) is 0. The van der Waals surface area contributed by atoms with Gasteiger partial charge in [-0.2, -0.15) is 0 Å². The van der Waals surface area contributed by atoms with E-state index < -0.39 is 0 Å². The number of allylic oxidation sites excluding steroid dienone is 1. The van der Waals surface area contributed by atoms with E-state index in [0.717, 1.165) is 5.57 Å². The summed E-state index contributed by atoms with van der Waals surface area (Å²) in [5.41, 5.74) is 1.03. The SMILES string of the molecule is C/C(=C\N=O)C(C)C. The predicted molar refractivity (Wildman–Crippen MR) is 34.4 cm³/mol. The second-order valence-electron chi connectivity index (χ2n) is 2.13. The van der Waals surface area contributed by atoms with Crippen molar-refractivity contribution >= 4 is 0 Å². The molecule has 0 saturated heterocycles. The Labute approximate surface area is 49.6 Å². The van der Waals surface area contributed by atoms with Crippen LogP contribution in [0.1, 0.15) is 20.8 Å². The molecule has 2 heteroatoms. The topological polar surface area (TPSA) is 29.4 Å². The number of nitrogens with zero attached hydrogens (tertiary/aromatic N) is 1. The van der Waals surface area contributed by atoms with Gasteiger partial charge in [-0.05, 0) is 23.6 Å². The van der Waals surface area contributed by atoms with E-state index in [1.165, 1.54) is 6.20 Å². The van der Waals surface area contributed by atoms with Crippen molar-refractivity contribution in [3.8, 4) is 0 Å². The van der Waals surface area contributed by atoms with Gasteiger partial charge in [-0.15, -0.1) is 4.91 Å². The lowest BCUT2D eigenvalue weighted by Gasteiger charge is -1.99. The maximum atomic E-state index is 9.59. The molecule has 0 N–H and O–H groups in total. The molecule has 0 radical (unpaired) electrons. The first-order valence-corrected chi connectivity index (χ1v) is 2.67. The van der Waals surface area contributed by atoms with Crippen LogP contribution in [0.2, 0.25) is 0 Å². The molecule has 0 aliphatic rings. The average Bonchev–Trinajstić information content (AvgIpc) is 1.67. The fourth-order valence-corrected chi connectivity index (χ4v) is 0.232. The quantitative estimate of drug-likeness (QED) is 0.505.